The molecule has 0 fully saturated rings. The highest BCUT2D eigenvalue weighted by Crippen LogP contribution is 2.27. The Balaban J connectivity index is 1.15. The van der Waals surface area contributed by atoms with Crippen molar-refractivity contribution in [3.63, 3.8) is 0 Å². The highest BCUT2D eigenvalue weighted by Gasteiger charge is 2.03. The molecule has 0 amide bonds. The minimum Gasteiger partial charge on any atom is -0.423 e. The van der Waals surface area contributed by atoms with E-state index in [2.05, 4.69) is 41.8 Å². The van der Waals surface area contributed by atoms with Gasteiger partial charge in [-0.2, -0.15) is 0 Å². The fourth-order valence-corrected chi connectivity index (χ4v) is 4.52. The van der Waals surface area contributed by atoms with Gasteiger partial charge in [0, 0.05) is 33.5 Å². The van der Waals surface area contributed by atoms with Crippen molar-refractivity contribution in [2.24, 2.45) is 9.98 Å². The van der Waals surface area contributed by atoms with Gasteiger partial charge in [0.05, 0.1) is 11.4 Å². The van der Waals surface area contributed by atoms with Crippen LogP contribution in [0.15, 0.2) is 152 Å². The number of hydrogen-bond donors (Lipinski definition) is 0. The standard InChI is InChI=1S/C38H26Br2N2O4/c39-31-15-5-27(6-16-31)13-23-37(43)45-33-19-9-29(10-20-33)25-41-35-3-1-2-4-36(35)42-26-30-11-21-34(22-12-30)46-38(44)24-14-28-7-17-32(40)18-8-28/h1-26H. The Hall–Kier alpha value is -5.18. The molecule has 0 radical (unpaired) electrons. The maximum Gasteiger partial charge on any atom is 0.336 e. The molecule has 5 aromatic carbocycles. The second-order valence-electron chi connectivity index (χ2n) is 9.76. The van der Waals surface area contributed by atoms with Gasteiger partial charge in [0.25, 0.3) is 0 Å². The molecule has 0 unspecified atom stereocenters. The molecular weight excluding hydrogens is 708 g/mol. The lowest BCUT2D eigenvalue weighted by molar-refractivity contribution is -0.129. The molecule has 6 nitrogen and oxygen atoms in total. The van der Waals surface area contributed by atoms with E-state index in [0.29, 0.717) is 22.9 Å². The summed E-state index contributed by atoms with van der Waals surface area (Å²) in [5.74, 6) is -0.0517. The molecule has 0 aliphatic rings. The summed E-state index contributed by atoms with van der Waals surface area (Å²) in [6.45, 7) is 0. The number of halogens is 2. The predicted molar refractivity (Wildman–Crippen MR) is 191 cm³/mol. The van der Waals surface area contributed by atoms with E-state index >= 15 is 0 Å². The molecule has 0 bridgehead atoms. The summed E-state index contributed by atoms with van der Waals surface area (Å²) < 4.78 is 12.7. The van der Waals surface area contributed by atoms with Crippen LogP contribution in [-0.4, -0.2) is 24.4 Å². The van der Waals surface area contributed by atoms with Gasteiger partial charge in [-0.1, -0.05) is 68.3 Å². The lowest BCUT2D eigenvalue weighted by Crippen LogP contribution is -2.03. The Labute approximate surface area is 283 Å². The van der Waals surface area contributed by atoms with E-state index in [1.165, 1.54) is 12.2 Å². The highest BCUT2D eigenvalue weighted by molar-refractivity contribution is 9.10. The van der Waals surface area contributed by atoms with E-state index in [1.807, 2.05) is 97.1 Å². The first kappa shape index (κ1) is 32.2. The van der Waals surface area contributed by atoms with Gasteiger partial charge in [0.15, 0.2) is 0 Å². The summed E-state index contributed by atoms with van der Waals surface area (Å²) in [4.78, 5) is 33.6. The van der Waals surface area contributed by atoms with Crippen LogP contribution in [0, 0.1) is 0 Å². The van der Waals surface area contributed by atoms with Gasteiger partial charge in [-0.05, 0) is 119 Å². The lowest BCUT2D eigenvalue weighted by Gasteiger charge is -2.03. The third-order valence-electron chi connectivity index (χ3n) is 6.35. The van der Waals surface area contributed by atoms with Crippen LogP contribution in [0.3, 0.4) is 0 Å². The second-order valence-corrected chi connectivity index (χ2v) is 11.6. The van der Waals surface area contributed by atoms with Crippen LogP contribution in [0.1, 0.15) is 22.3 Å². The van der Waals surface area contributed by atoms with Crippen LogP contribution >= 0.6 is 31.9 Å². The fourth-order valence-electron chi connectivity index (χ4n) is 3.99. The summed E-state index contributed by atoms with van der Waals surface area (Å²) in [6.07, 6.45) is 9.64. The van der Waals surface area contributed by atoms with Gasteiger partial charge in [-0.3, -0.25) is 9.98 Å². The van der Waals surface area contributed by atoms with Crippen molar-refractivity contribution in [3.8, 4) is 11.5 Å². The predicted octanol–water partition coefficient (Wildman–Crippen LogP) is 9.95. The molecule has 0 N–H and O–H groups in total. The minimum absolute atomic E-state index is 0.436. The molecule has 0 saturated carbocycles. The molecule has 5 aromatic rings. The van der Waals surface area contributed by atoms with Crippen LogP contribution < -0.4 is 9.47 Å². The maximum atomic E-state index is 12.2. The molecule has 8 heteroatoms. The first-order chi connectivity index (χ1) is 22.4. The smallest absolute Gasteiger partial charge is 0.336 e. The fraction of sp³-hybridized carbons (Fsp3) is 0. The number of para-hydroxylation sites is 2. The van der Waals surface area contributed by atoms with E-state index in [-0.39, 0.29) is 0 Å². The Morgan fingerprint density at radius 1 is 0.478 bits per heavy atom. The molecule has 0 aliphatic heterocycles. The largest absolute Gasteiger partial charge is 0.423 e. The van der Waals surface area contributed by atoms with Crippen LogP contribution in [0.5, 0.6) is 11.5 Å². The number of nitrogens with zero attached hydrogens (tertiary/aromatic N) is 2. The summed E-state index contributed by atoms with van der Waals surface area (Å²) in [6, 6.07) is 36.9. The summed E-state index contributed by atoms with van der Waals surface area (Å²) >= 11 is 6.78. The average Bonchev–Trinajstić information content (AvgIpc) is 3.07. The number of aliphatic imine (C=N–C) groups is 2. The molecule has 226 valence electrons. The van der Waals surface area contributed by atoms with Crippen molar-refractivity contribution in [3.05, 3.63) is 165 Å². The Bertz CT molecular complexity index is 1770. The molecule has 0 saturated heterocycles. The number of benzene rings is 5. The zero-order valence-electron chi connectivity index (χ0n) is 24.3. The van der Waals surface area contributed by atoms with E-state index in [9.17, 15) is 9.59 Å². The van der Waals surface area contributed by atoms with Crippen LogP contribution in [0.25, 0.3) is 12.2 Å². The van der Waals surface area contributed by atoms with Gasteiger partial charge >= 0.3 is 11.9 Å². The topological polar surface area (TPSA) is 77.3 Å². The van der Waals surface area contributed by atoms with Gasteiger partial charge in [-0.15, -0.1) is 0 Å². The number of hydrogen-bond acceptors (Lipinski definition) is 6. The Morgan fingerprint density at radius 3 is 1.20 bits per heavy atom. The van der Waals surface area contributed by atoms with Gasteiger partial charge in [-0.25, -0.2) is 9.59 Å². The van der Waals surface area contributed by atoms with E-state index in [1.54, 1.807) is 48.8 Å². The molecule has 0 spiro atoms. The summed E-state index contributed by atoms with van der Waals surface area (Å²) in [5.41, 5.74) is 4.84. The molecule has 5 rings (SSSR count). The van der Waals surface area contributed by atoms with Crippen LogP contribution in [0.2, 0.25) is 0 Å². The first-order valence-corrected chi connectivity index (χ1v) is 15.7. The van der Waals surface area contributed by atoms with Gasteiger partial charge in [0.1, 0.15) is 11.5 Å². The first-order valence-electron chi connectivity index (χ1n) is 14.1. The van der Waals surface area contributed by atoms with Crippen molar-refractivity contribution in [1.29, 1.82) is 0 Å². The average molecular weight is 734 g/mol. The quantitative estimate of drug-likeness (QED) is 0.0620. The van der Waals surface area contributed by atoms with Gasteiger partial charge < -0.3 is 9.47 Å². The highest BCUT2D eigenvalue weighted by atomic mass is 79.9. The van der Waals surface area contributed by atoms with Crippen molar-refractivity contribution in [1.82, 2.24) is 0 Å². The molecule has 0 heterocycles. The molecule has 46 heavy (non-hydrogen) atoms. The molecular formula is C38H26Br2N2O4. The Morgan fingerprint density at radius 2 is 0.826 bits per heavy atom. The van der Waals surface area contributed by atoms with Crippen LogP contribution in [0.4, 0.5) is 11.4 Å². The zero-order valence-corrected chi connectivity index (χ0v) is 27.5. The van der Waals surface area contributed by atoms with E-state index in [0.717, 1.165) is 31.2 Å². The number of esters is 2. The maximum absolute atomic E-state index is 12.2. The Kier molecular flexibility index (Phi) is 11.4. The van der Waals surface area contributed by atoms with E-state index < -0.39 is 11.9 Å². The molecule has 0 atom stereocenters. The third-order valence-corrected chi connectivity index (χ3v) is 7.41. The molecule has 0 aromatic heterocycles. The van der Waals surface area contributed by atoms with Crippen molar-refractivity contribution < 1.29 is 19.1 Å². The summed E-state index contributed by atoms with van der Waals surface area (Å²) in [5, 5.41) is 0. The summed E-state index contributed by atoms with van der Waals surface area (Å²) in [7, 11) is 0. The van der Waals surface area contributed by atoms with Crippen LogP contribution in [-0.2, 0) is 9.59 Å². The lowest BCUT2D eigenvalue weighted by atomic mass is 10.2. The minimum atomic E-state index is -0.462. The van der Waals surface area contributed by atoms with Crippen molar-refractivity contribution in [2.45, 2.75) is 0 Å². The number of carbonyl (C=O) groups is 2. The molecule has 0 aliphatic carbocycles. The van der Waals surface area contributed by atoms with Crippen molar-refractivity contribution >= 4 is 79.8 Å². The number of carbonyl (C=O) groups excluding carboxylic acids is 2. The van der Waals surface area contributed by atoms with E-state index in [4.69, 9.17) is 9.47 Å². The third kappa shape index (κ3) is 10.2. The number of rotatable bonds is 10. The SMILES string of the molecule is O=C(C=Cc1ccc(Br)cc1)Oc1ccc(C=Nc2ccccc2N=Cc2ccc(OC(=O)C=Cc3ccc(Br)cc3)cc2)cc1. The number of ether oxygens (including phenoxy) is 2. The van der Waals surface area contributed by atoms with Gasteiger partial charge in [0.2, 0.25) is 0 Å². The monoisotopic (exact) mass is 732 g/mol. The van der Waals surface area contributed by atoms with Crippen molar-refractivity contribution in [2.75, 3.05) is 0 Å². The second kappa shape index (κ2) is 16.2. The normalized spacial score (nSPS) is 11.5. The zero-order chi connectivity index (χ0) is 32.1.